The maximum absolute atomic E-state index is 13.1. The van der Waals surface area contributed by atoms with Crippen molar-refractivity contribution < 1.29 is 19.4 Å². The summed E-state index contributed by atoms with van der Waals surface area (Å²) in [6, 6.07) is 4.82. The molecule has 1 aromatic heterocycles. The Bertz CT molecular complexity index is 809. The summed E-state index contributed by atoms with van der Waals surface area (Å²) in [4.78, 5) is 26.5. The third-order valence-electron chi connectivity index (χ3n) is 4.52. The molecule has 2 aromatic rings. The topological polar surface area (TPSA) is 110 Å². The van der Waals surface area contributed by atoms with Crippen LogP contribution in [0.3, 0.4) is 0 Å². The molecule has 0 aliphatic carbocycles. The first-order valence-electron chi connectivity index (χ1n) is 8.01. The molecule has 1 atom stereocenters. The number of carboxylic acid groups (broad SMARTS) is 1. The van der Waals surface area contributed by atoms with E-state index < -0.39 is 11.4 Å². The van der Waals surface area contributed by atoms with Gasteiger partial charge in [-0.15, -0.1) is 5.10 Å². The predicted octanol–water partition coefficient (Wildman–Crippen LogP) is 1.27. The Balaban J connectivity index is 1.94. The molecule has 1 saturated heterocycles. The smallest absolute Gasteiger partial charge is 0.313 e. The van der Waals surface area contributed by atoms with Gasteiger partial charge in [0.05, 0.1) is 17.9 Å². The van der Waals surface area contributed by atoms with Crippen molar-refractivity contribution in [3.05, 3.63) is 35.1 Å². The van der Waals surface area contributed by atoms with Crippen LogP contribution in [0.15, 0.2) is 24.5 Å². The first-order chi connectivity index (χ1) is 12.5. The van der Waals surface area contributed by atoms with Gasteiger partial charge in [-0.2, -0.15) is 4.68 Å². The Hall–Kier alpha value is -2.52. The average molecular weight is 380 g/mol. The molecule has 1 aliphatic rings. The molecule has 10 heteroatoms. The number of tetrazole rings is 1. The first kappa shape index (κ1) is 18.3. The van der Waals surface area contributed by atoms with Crippen molar-refractivity contribution in [2.45, 2.75) is 12.8 Å². The molecule has 3 rings (SSSR count). The number of aliphatic carboxylic acids is 1. The van der Waals surface area contributed by atoms with Gasteiger partial charge in [-0.1, -0.05) is 11.6 Å². The lowest BCUT2D eigenvalue weighted by atomic mass is 9.80. The monoisotopic (exact) mass is 379 g/mol. The van der Waals surface area contributed by atoms with E-state index in [1.807, 2.05) is 0 Å². The molecule has 0 radical (unpaired) electrons. The zero-order chi connectivity index (χ0) is 18.7. The lowest BCUT2D eigenvalue weighted by Gasteiger charge is -2.39. The van der Waals surface area contributed by atoms with Crippen LogP contribution in [0, 0.1) is 5.41 Å². The van der Waals surface area contributed by atoms with Gasteiger partial charge in [0, 0.05) is 25.2 Å². The van der Waals surface area contributed by atoms with Gasteiger partial charge in [0.15, 0.2) is 0 Å². The summed E-state index contributed by atoms with van der Waals surface area (Å²) in [6.07, 6.45) is 2.40. The number of hydrogen-bond acceptors (Lipinski definition) is 6. The van der Waals surface area contributed by atoms with E-state index >= 15 is 0 Å². The average Bonchev–Trinajstić information content (AvgIpc) is 3.16. The molecule has 138 valence electrons. The van der Waals surface area contributed by atoms with Gasteiger partial charge in [-0.3, -0.25) is 9.59 Å². The van der Waals surface area contributed by atoms with Crippen molar-refractivity contribution >= 4 is 23.5 Å². The fourth-order valence-corrected chi connectivity index (χ4v) is 3.43. The Labute approximate surface area is 154 Å². The lowest BCUT2D eigenvalue weighted by molar-refractivity contribution is -0.155. The van der Waals surface area contributed by atoms with Gasteiger partial charge in [0.2, 0.25) is 0 Å². The zero-order valence-corrected chi connectivity index (χ0v) is 14.9. The van der Waals surface area contributed by atoms with Crippen LogP contribution in [0.2, 0.25) is 5.02 Å². The summed E-state index contributed by atoms with van der Waals surface area (Å²) in [5, 5.41) is 21.0. The maximum Gasteiger partial charge on any atom is 0.313 e. The molecular formula is C16H18ClN5O4. The lowest BCUT2D eigenvalue weighted by Crippen LogP contribution is -2.52. The number of halogens is 1. The van der Waals surface area contributed by atoms with Gasteiger partial charge in [0.25, 0.3) is 5.91 Å². The zero-order valence-electron chi connectivity index (χ0n) is 14.1. The van der Waals surface area contributed by atoms with Crippen molar-refractivity contribution in [3.63, 3.8) is 0 Å². The summed E-state index contributed by atoms with van der Waals surface area (Å²) >= 11 is 6.07. The van der Waals surface area contributed by atoms with E-state index in [0.717, 1.165) is 0 Å². The van der Waals surface area contributed by atoms with Crippen LogP contribution in [0.25, 0.3) is 5.69 Å². The number of nitrogens with zero attached hydrogens (tertiary/aromatic N) is 5. The number of benzene rings is 1. The largest absolute Gasteiger partial charge is 0.481 e. The van der Waals surface area contributed by atoms with Crippen LogP contribution in [0.4, 0.5) is 0 Å². The molecule has 2 heterocycles. The Morgan fingerprint density at radius 2 is 2.23 bits per heavy atom. The highest BCUT2D eigenvalue weighted by molar-refractivity contribution is 6.31. The fraction of sp³-hybridized carbons (Fsp3) is 0.438. The van der Waals surface area contributed by atoms with E-state index in [2.05, 4.69) is 15.5 Å². The van der Waals surface area contributed by atoms with Gasteiger partial charge in [0.1, 0.15) is 11.7 Å². The molecule has 9 nitrogen and oxygen atoms in total. The number of ether oxygens (including phenoxy) is 1. The van der Waals surface area contributed by atoms with Crippen LogP contribution in [-0.4, -0.2) is 68.9 Å². The van der Waals surface area contributed by atoms with Gasteiger partial charge < -0.3 is 14.7 Å². The third kappa shape index (κ3) is 3.40. The molecule has 1 aliphatic heterocycles. The number of methoxy groups -OCH3 is 1. The summed E-state index contributed by atoms with van der Waals surface area (Å²) in [7, 11) is 1.46. The highest BCUT2D eigenvalue weighted by atomic mass is 35.5. The van der Waals surface area contributed by atoms with Gasteiger partial charge in [-0.05, 0) is 41.5 Å². The van der Waals surface area contributed by atoms with Gasteiger partial charge >= 0.3 is 5.97 Å². The molecule has 1 amide bonds. The summed E-state index contributed by atoms with van der Waals surface area (Å²) in [6.45, 7) is 0.567. The predicted molar refractivity (Wildman–Crippen MR) is 91.2 cm³/mol. The maximum atomic E-state index is 13.1. The van der Waals surface area contributed by atoms with E-state index in [4.69, 9.17) is 16.3 Å². The number of carboxylic acids is 1. The van der Waals surface area contributed by atoms with E-state index in [1.54, 1.807) is 12.1 Å². The standard InChI is InChI=1S/C16H18ClN5O4/c1-26-9-16(15(24)25)5-2-6-21(8-16)14(23)12-7-11(17)3-4-13(12)22-10-18-19-20-22/h3-4,7,10H,2,5-6,8-9H2,1H3,(H,24,25). The van der Waals surface area contributed by atoms with Crippen LogP contribution < -0.4 is 0 Å². The number of rotatable bonds is 5. The van der Waals surface area contributed by atoms with E-state index in [1.165, 1.54) is 29.1 Å². The molecule has 26 heavy (non-hydrogen) atoms. The highest BCUT2D eigenvalue weighted by Gasteiger charge is 2.44. The Kier molecular flexibility index (Phi) is 5.19. The minimum absolute atomic E-state index is 0.0432. The molecule has 1 N–H and O–H groups in total. The molecule has 0 saturated carbocycles. The summed E-state index contributed by atoms with van der Waals surface area (Å²) in [5.41, 5.74) is -0.331. The first-order valence-corrected chi connectivity index (χ1v) is 8.39. The summed E-state index contributed by atoms with van der Waals surface area (Å²) in [5.74, 6) is -1.29. The van der Waals surface area contributed by atoms with Crippen molar-refractivity contribution in [1.29, 1.82) is 0 Å². The molecule has 0 bridgehead atoms. The second-order valence-corrected chi connectivity index (χ2v) is 6.70. The number of likely N-dealkylation sites (tertiary alicyclic amines) is 1. The van der Waals surface area contributed by atoms with Crippen LogP contribution >= 0.6 is 11.6 Å². The van der Waals surface area contributed by atoms with E-state index in [-0.39, 0.29) is 19.1 Å². The molecule has 1 fully saturated rings. The molecule has 0 spiro atoms. The quantitative estimate of drug-likeness (QED) is 0.832. The van der Waals surface area contributed by atoms with Crippen LogP contribution in [0.5, 0.6) is 0 Å². The van der Waals surface area contributed by atoms with Gasteiger partial charge in [-0.25, -0.2) is 0 Å². The Morgan fingerprint density at radius 3 is 2.88 bits per heavy atom. The van der Waals surface area contributed by atoms with Crippen LogP contribution in [0.1, 0.15) is 23.2 Å². The van der Waals surface area contributed by atoms with E-state index in [9.17, 15) is 14.7 Å². The second-order valence-electron chi connectivity index (χ2n) is 6.26. The third-order valence-corrected chi connectivity index (χ3v) is 4.76. The number of carbonyl (C=O) groups is 2. The number of piperidine rings is 1. The minimum Gasteiger partial charge on any atom is -0.481 e. The molecular weight excluding hydrogens is 362 g/mol. The van der Waals surface area contributed by atoms with Crippen LogP contribution in [-0.2, 0) is 9.53 Å². The second kappa shape index (κ2) is 7.38. The highest BCUT2D eigenvalue weighted by Crippen LogP contribution is 2.32. The minimum atomic E-state index is -1.11. The SMILES string of the molecule is COCC1(C(=O)O)CCCN(C(=O)c2cc(Cl)ccc2-n2cnnn2)C1. The van der Waals surface area contributed by atoms with E-state index in [0.29, 0.717) is 35.7 Å². The van der Waals surface area contributed by atoms with Crippen molar-refractivity contribution in [3.8, 4) is 5.69 Å². The fourth-order valence-electron chi connectivity index (χ4n) is 3.26. The number of carbonyl (C=O) groups excluding carboxylic acids is 1. The van der Waals surface area contributed by atoms with Crippen molar-refractivity contribution in [2.24, 2.45) is 5.41 Å². The molecule has 1 aromatic carbocycles. The van der Waals surface area contributed by atoms with Crippen molar-refractivity contribution in [2.75, 3.05) is 26.8 Å². The normalized spacial score (nSPS) is 20.2. The number of hydrogen-bond donors (Lipinski definition) is 1. The Morgan fingerprint density at radius 1 is 1.42 bits per heavy atom. The molecule has 1 unspecified atom stereocenters. The van der Waals surface area contributed by atoms with Crippen molar-refractivity contribution in [1.82, 2.24) is 25.1 Å². The number of aromatic nitrogens is 4. The summed E-state index contributed by atoms with van der Waals surface area (Å²) < 4.78 is 6.48. The number of amides is 1.